The Morgan fingerprint density at radius 2 is 2.00 bits per heavy atom. The number of aliphatic carboxylic acids is 1. The van der Waals surface area contributed by atoms with Gasteiger partial charge < -0.3 is 5.11 Å². The normalized spacial score (nSPS) is 12.7. The lowest BCUT2D eigenvalue weighted by molar-refractivity contribution is -0.129. The first kappa shape index (κ1) is 20.7. The first-order valence-corrected chi connectivity index (χ1v) is 9.47. The third kappa shape index (κ3) is 7.40. The van der Waals surface area contributed by atoms with Gasteiger partial charge in [0, 0.05) is 19.2 Å². The number of carbonyl (C=O) groups excluding carboxylic acids is 1. The molecule has 0 radical (unpaired) electrons. The summed E-state index contributed by atoms with van der Waals surface area (Å²) in [5.74, 6) is -1.84. The van der Waals surface area contributed by atoms with Gasteiger partial charge in [0.15, 0.2) is 0 Å². The molecule has 1 amide bonds. The average molecular weight is 366 g/mol. The molecule has 0 saturated carbocycles. The third-order valence-corrected chi connectivity index (χ3v) is 4.75. The molecule has 0 atom stereocenters. The van der Waals surface area contributed by atoms with Crippen LogP contribution in [0.25, 0.3) is 6.08 Å². The van der Waals surface area contributed by atoms with Crippen LogP contribution < -0.4 is 0 Å². The maximum absolute atomic E-state index is 11.9. The molecule has 0 aliphatic carbocycles. The molecular formula is C17H22N2O5S. The molecule has 0 aliphatic rings. The van der Waals surface area contributed by atoms with Crippen molar-refractivity contribution in [3.63, 3.8) is 0 Å². The highest BCUT2D eigenvalue weighted by molar-refractivity contribution is 7.88. The second-order valence-corrected chi connectivity index (χ2v) is 7.65. The predicted molar refractivity (Wildman–Crippen MR) is 97.3 cm³/mol. The van der Waals surface area contributed by atoms with E-state index in [0.717, 1.165) is 5.56 Å². The summed E-state index contributed by atoms with van der Waals surface area (Å²) in [6, 6.07) is 6.69. The van der Waals surface area contributed by atoms with Crippen molar-refractivity contribution < 1.29 is 23.1 Å². The minimum atomic E-state index is -3.16. The van der Waals surface area contributed by atoms with Crippen molar-refractivity contribution >= 4 is 33.7 Å². The van der Waals surface area contributed by atoms with Crippen LogP contribution in [0.4, 0.5) is 0 Å². The number of benzene rings is 1. The Kier molecular flexibility index (Phi) is 7.66. The van der Waals surface area contributed by atoms with Crippen molar-refractivity contribution in [1.82, 2.24) is 4.31 Å². The van der Waals surface area contributed by atoms with Crippen molar-refractivity contribution in [2.75, 3.05) is 19.8 Å². The van der Waals surface area contributed by atoms with E-state index in [1.54, 1.807) is 18.2 Å². The zero-order chi connectivity index (χ0) is 19.0. The molecule has 7 nitrogen and oxygen atoms in total. The van der Waals surface area contributed by atoms with Gasteiger partial charge in [0.25, 0.3) is 5.91 Å². The van der Waals surface area contributed by atoms with Crippen molar-refractivity contribution in [3.8, 4) is 0 Å². The predicted octanol–water partition coefficient (Wildman–Crippen LogP) is 2.06. The maximum atomic E-state index is 11.9. The average Bonchev–Trinajstić information content (AvgIpc) is 2.53. The van der Waals surface area contributed by atoms with Gasteiger partial charge in [-0.05, 0) is 37.5 Å². The Morgan fingerprint density at radius 3 is 2.60 bits per heavy atom. The summed E-state index contributed by atoms with van der Waals surface area (Å²) >= 11 is 0. The Balaban J connectivity index is 2.65. The van der Waals surface area contributed by atoms with Crippen LogP contribution in [0.1, 0.15) is 35.7 Å². The molecule has 0 heterocycles. The summed E-state index contributed by atoms with van der Waals surface area (Å²) in [7, 11) is -1.62. The van der Waals surface area contributed by atoms with E-state index in [9.17, 15) is 18.0 Å². The van der Waals surface area contributed by atoms with E-state index in [1.165, 1.54) is 24.5 Å². The summed E-state index contributed by atoms with van der Waals surface area (Å²) in [6.45, 7) is 1.70. The largest absolute Gasteiger partial charge is 0.477 e. The minimum Gasteiger partial charge on any atom is -0.477 e. The summed E-state index contributed by atoms with van der Waals surface area (Å²) in [4.78, 5) is 26.2. The number of allylic oxidation sites excluding steroid dienone is 1. The fraction of sp³-hybridized carbons (Fsp3) is 0.353. The Hall–Kier alpha value is -2.32. The first-order valence-electron chi connectivity index (χ1n) is 7.62. The topological polar surface area (TPSA) is 104 Å². The molecule has 25 heavy (non-hydrogen) atoms. The molecule has 0 aliphatic heterocycles. The van der Waals surface area contributed by atoms with Crippen LogP contribution in [-0.2, 0) is 14.8 Å². The van der Waals surface area contributed by atoms with E-state index in [1.807, 2.05) is 18.2 Å². The molecule has 1 N–H and O–H groups in total. The number of amides is 1. The van der Waals surface area contributed by atoms with Gasteiger partial charge in [-0.25, -0.2) is 22.5 Å². The van der Waals surface area contributed by atoms with E-state index in [-0.39, 0.29) is 5.71 Å². The zero-order valence-electron chi connectivity index (χ0n) is 14.5. The van der Waals surface area contributed by atoms with Gasteiger partial charge in [0.2, 0.25) is 10.0 Å². The highest BCUT2D eigenvalue weighted by atomic mass is 32.2. The second-order valence-electron chi connectivity index (χ2n) is 5.56. The molecule has 0 spiro atoms. The third-order valence-electron chi connectivity index (χ3n) is 3.43. The highest BCUT2D eigenvalue weighted by Gasteiger charge is 2.09. The Labute approximate surface area is 147 Å². The van der Waals surface area contributed by atoms with Gasteiger partial charge in [-0.2, -0.15) is 0 Å². The molecule has 0 unspecified atom stereocenters. The minimum absolute atomic E-state index is 0.263. The molecule has 1 aromatic rings. The highest BCUT2D eigenvalue weighted by Crippen LogP contribution is 2.10. The molecule has 136 valence electrons. The van der Waals surface area contributed by atoms with Crippen LogP contribution in [0.2, 0.25) is 0 Å². The van der Waals surface area contributed by atoms with Crippen molar-refractivity contribution in [2.45, 2.75) is 19.8 Å². The fourth-order valence-electron chi connectivity index (χ4n) is 1.86. The molecule has 0 bridgehead atoms. The van der Waals surface area contributed by atoms with Crippen molar-refractivity contribution in [2.24, 2.45) is 4.99 Å². The number of carbonyl (C=O) groups is 2. The van der Waals surface area contributed by atoms with Crippen LogP contribution in [0.15, 0.2) is 35.3 Å². The Bertz CT molecular complexity index is 797. The van der Waals surface area contributed by atoms with Crippen molar-refractivity contribution in [3.05, 3.63) is 41.5 Å². The first-order chi connectivity index (χ1) is 11.6. The van der Waals surface area contributed by atoms with E-state index < -0.39 is 21.9 Å². The van der Waals surface area contributed by atoms with Gasteiger partial charge in [-0.15, -0.1) is 0 Å². The quantitative estimate of drug-likeness (QED) is 0.560. The van der Waals surface area contributed by atoms with E-state index >= 15 is 0 Å². The van der Waals surface area contributed by atoms with E-state index in [0.29, 0.717) is 24.9 Å². The van der Waals surface area contributed by atoms with Gasteiger partial charge in [-0.3, -0.25) is 4.79 Å². The van der Waals surface area contributed by atoms with Gasteiger partial charge in [0.1, 0.15) is 5.71 Å². The van der Waals surface area contributed by atoms with E-state index in [2.05, 4.69) is 4.99 Å². The summed E-state index contributed by atoms with van der Waals surface area (Å²) in [5.41, 5.74) is 0.825. The van der Waals surface area contributed by atoms with Gasteiger partial charge in [-0.1, -0.05) is 24.3 Å². The summed E-state index contributed by atoms with van der Waals surface area (Å²) in [5, 5.41) is 8.75. The molecule has 1 aromatic carbocycles. The molecule has 8 heteroatoms. The number of carboxylic acid groups (broad SMARTS) is 1. The number of hydrogen-bond acceptors (Lipinski definition) is 4. The molecule has 0 fully saturated rings. The summed E-state index contributed by atoms with van der Waals surface area (Å²) in [6.07, 6.45) is 6.26. The number of unbranched alkanes of at least 4 members (excludes halogenated alkanes) is 1. The van der Waals surface area contributed by atoms with Crippen LogP contribution >= 0.6 is 0 Å². The van der Waals surface area contributed by atoms with Crippen LogP contribution in [0, 0.1) is 0 Å². The van der Waals surface area contributed by atoms with Crippen LogP contribution in [0.3, 0.4) is 0 Å². The number of nitrogens with zero attached hydrogens (tertiary/aromatic N) is 2. The van der Waals surface area contributed by atoms with E-state index in [4.69, 9.17) is 5.11 Å². The van der Waals surface area contributed by atoms with Gasteiger partial charge in [0.05, 0.1) is 6.26 Å². The molecule has 0 aromatic heterocycles. The zero-order valence-corrected chi connectivity index (χ0v) is 15.3. The molecule has 0 saturated heterocycles. The monoisotopic (exact) mass is 366 g/mol. The number of hydrogen-bond donors (Lipinski definition) is 1. The lowest BCUT2D eigenvalue weighted by Gasteiger charge is -2.12. The number of carboxylic acids is 1. The smallest absolute Gasteiger partial charge is 0.350 e. The number of aliphatic imine (C=N–C) groups is 1. The van der Waals surface area contributed by atoms with Crippen molar-refractivity contribution in [1.29, 1.82) is 0 Å². The number of sulfonamides is 1. The Morgan fingerprint density at radius 1 is 1.32 bits per heavy atom. The van der Waals surface area contributed by atoms with Crippen LogP contribution in [-0.4, -0.2) is 55.3 Å². The van der Waals surface area contributed by atoms with Gasteiger partial charge >= 0.3 is 5.97 Å². The fourth-order valence-corrected chi connectivity index (χ4v) is 2.32. The SMILES string of the molecule is CC(=NC(=O)c1cccc(/C=C\CCCN(C)S(C)(=O)=O)c1)C(=O)O. The number of rotatable bonds is 8. The second kappa shape index (κ2) is 9.24. The lowest BCUT2D eigenvalue weighted by atomic mass is 10.1. The lowest BCUT2D eigenvalue weighted by Crippen LogP contribution is -2.26. The molecular weight excluding hydrogens is 344 g/mol. The summed E-state index contributed by atoms with van der Waals surface area (Å²) < 4.78 is 23.8. The standard InChI is InChI=1S/C17H22N2O5S/c1-13(17(21)22)18-16(20)15-10-7-9-14(12-15)8-5-4-6-11-19(2)25(3,23)24/h5,7-10,12H,4,6,11H2,1-3H3,(H,21,22)/b8-5-,18-13?. The maximum Gasteiger partial charge on any atom is 0.350 e. The van der Waals surface area contributed by atoms with Crippen LogP contribution in [0.5, 0.6) is 0 Å². The molecule has 1 rings (SSSR count).